The molecule has 14 heavy (non-hydrogen) atoms. The highest BCUT2D eigenvalue weighted by molar-refractivity contribution is 4.91. The second-order valence-corrected chi connectivity index (χ2v) is 5.36. The molecule has 2 fully saturated rings. The minimum absolute atomic E-state index is 0.140. The van der Waals surface area contributed by atoms with Gasteiger partial charge in [-0.05, 0) is 31.1 Å². The van der Waals surface area contributed by atoms with Crippen LogP contribution in [0.4, 0.5) is 0 Å². The molecule has 2 atom stereocenters. The summed E-state index contributed by atoms with van der Waals surface area (Å²) in [4.78, 5) is 0. The predicted octanol–water partition coefficient (Wildman–Crippen LogP) is 1.95. The molecule has 0 aliphatic heterocycles. The van der Waals surface area contributed by atoms with E-state index in [-0.39, 0.29) is 18.6 Å². The zero-order valence-corrected chi connectivity index (χ0v) is 8.91. The number of aliphatic hydroxyl groups excluding tert-OH is 2. The van der Waals surface area contributed by atoms with Gasteiger partial charge in [0.25, 0.3) is 0 Å². The van der Waals surface area contributed by atoms with Crippen molar-refractivity contribution in [3.05, 3.63) is 0 Å². The van der Waals surface area contributed by atoms with Gasteiger partial charge in [-0.3, -0.25) is 0 Å². The van der Waals surface area contributed by atoms with Crippen molar-refractivity contribution in [1.82, 2.24) is 0 Å². The lowest BCUT2D eigenvalue weighted by Gasteiger charge is -2.45. The molecular formula is C12H22O2. The lowest BCUT2D eigenvalue weighted by molar-refractivity contribution is -0.0249. The maximum Gasteiger partial charge on any atom is 0.0509 e. The summed E-state index contributed by atoms with van der Waals surface area (Å²) in [5, 5.41) is 18.7. The molecule has 2 heteroatoms. The van der Waals surface area contributed by atoms with Gasteiger partial charge in [-0.1, -0.05) is 25.7 Å². The number of fused-ring (bicyclic) bond motifs is 1. The van der Waals surface area contributed by atoms with Crippen LogP contribution in [0.2, 0.25) is 0 Å². The Labute approximate surface area is 86.3 Å². The minimum Gasteiger partial charge on any atom is -0.396 e. The van der Waals surface area contributed by atoms with Gasteiger partial charge < -0.3 is 10.2 Å². The van der Waals surface area contributed by atoms with Gasteiger partial charge in [0, 0.05) is 5.41 Å². The number of hydrogen-bond donors (Lipinski definition) is 2. The lowest BCUT2D eigenvalue weighted by atomic mass is 9.62. The highest BCUT2D eigenvalue weighted by Gasteiger charge is 2.40. The highest BCUT2D eigenvalue weighted by Crippen LogP contribution is 2.47. The van der Waals surface area contributed by atoms with Crippen molar-refractivity contribution >= 4 is 0 Å². The Morgan fingerprint density at radius 2 is 1.57 bits per heavy atom. The van der Waals surface area contributed by atoms with Crippen molar-refractivity contribution in [2.24, 2.45) is 17.3 Å². The summed E-state index contributed by atoms with van der Waals surface area (Å²) in [5.74, 6) is 1.69. The Hall–Kier alpha value is -0.0800. The fourth-order valence-corrected chi connectivity index (χ4v) is 3.42. The topological polar surface area (TPSA) is 40.5 Å². The molecule has 2 saturated carbocycles. The van der Waals surface area contributed by atoms with Gasteiger partial charge in [0.2, 0.25) is 0 Å². The lowest BCUT2D eigenvalue weighted by Crippen LogP contribution is -2.40. The minimum atomic E-state index is -0.140. The van der Waals surface area contributed by atoms with Crippen molar-refractivity contribution < 1.29 is 10.2 Å². The van der Waals surface area contributed by atoms with Crippen LogP contribution in [0.1, 0.15) is 44.9 Å². The molecule has 0 heterocycles. The first kappa shape index (κ1) is 10.4. The molecular weight excluding hydrogens is 176 g/mol. The third kappa shape index (κ3) is 1.82. The molecule has 0 aromatic carbocycles. The largest absolute Gasteiger partial charge is 0.396 e. The van der Waals surface area contributed by atoms with Gasteiger partial charge in [-0.15, -0.1) is 0 Å². The summed E-state index contributed by atoms with van der Waals surface area (Å²) in [5.41, 5.74) is -0.140. The molecule has 0 amide bonds. The van der Waals surface area contributed by atoms with E-state index in [1.54, 1.807) is 0 Å². The van der Waals surface area contributed by atoms with Gasteiger partial charge in [0.15, 0.2) is 0 Å². The van der Waals surface area contributed by atoms with E-state index in [1.165, 1.54) is 32.1 Å². The molecule has 2 aliphatic rings. The van der Waals surface area contributed by atoms with Crippen molar-refractivity contribution in [2.75, 3.05) is 13.2 Å². The molecule has 2 rings (SSSR count). The number of aliphatic hydroxyl groups is 2. The molecule has 0 bridgehead atoms. The van der Waals surface area contributed by atoms with E-state index in [4.69, 9.17) is 0 Å². The third-order valence-corrected chi connectivity index (χ3v) is 4.48. The van der Waals surface area contributed by atoms with E-state index < -0.39 is 0 Å². The van der Waals surface area contributed by atoms with Crippen LogP contribution in [0.15, 0.2) is 0 Å². The van der Waals surface area contributed by atoms with E-state index in [2.05, 4.69) is 0 Å². The van der Waals surface area contributed by atoms with Crippen LogP contribution in [0.3, 0.4) is 0 Å². The molecule has 0 saturated heterocycles. The predicted molar refractivity (Wildman–Crippen MR) is 55.9 cm³/mol. The van der Waals surface area contributed by atoms with Crippen LogP contribution in [0, 0.1) is 17.3 Å². The fourth-order valence-electron chi connectivity index (χ4n) is 3.42. The van der Waals surface area contributed by atoms with Gasteiger partial charge in [-0.2, -0.15) is 0 Å². The molecule has 2 aliphatic carbocycles. The molecule has 0 radical (unpaired) electrons. The Balaban J connectivity index is 2.01. The maximum atomic E-state index is 9.37. The highest BCUT2D eigenvalue weighted by atomic mass is 16.3. The Kier molecular flexibility index (Phi) is 3.13. The smallest absolute Gasteiger partial charge is 0.0509 e. The van der Waals surface area contributed by atoms with Crippen molar-refractivity contribution in [1.29, 1.82) is 0 Å². The normalized spacial score (nSPS) is 36.4. The van der Waals surface area contributed by atoms with Gasteiger partial charge in [-0.25, -0.2) is 0 Å². The van der Waals surface area contributed by atoms with Crippen LogP contribution >= 0.6 is 0 Å². The Bertz CT molecular complexity index is 187. The molecule has 0 aromatic heterocycles. The summed E-state index contributed by atoms with van der Waals surface area (Å²) in [7, 11) is 0. The SMILES string of the molecule is OCC1(CO)CCC2CCCCC2C1. The van der Waals surface area contributed by atoms with E-state index in [1.807, 2.05) is 0 Å². The van der Waals surface area contributed by atoms with Crippen LogP contribution in [-0.4, -0.2) is 23.4 Å². The van der Waals surface area contributed by atoms with Crippen LogP contribution in [-0.2, 0) is 0 Å². The van der Waals surface area contributed by atoms with E-state index >= 15 is 0 Å². The molecule has 2 unspecified atom stereocenters. The van der Waals surface area contributed by atoms with Crippen molar-refractivity contribution in [3.8, 4) is 0 Å². The van der Waals surface area contributed by atoms with E-state index in [0.717, 1.165) is 24.7 Å². The van der Waals surface area contributed by atoms with Gasteiger partial charge in [0.05, 0.1) is 13.2 Å². The summed E-state index contributed by atoms with van der Waals surface area (Å²) < 4.78 is 0. The molecule has 0 aromatic rings. The monoisotopic (exact) mass is 198 g/mol. The van der Waals surface area contributed by atoms with Gasteiger partial charge in [0.1, 0.15) is 0 Å². The maximum absolute atomic E-state index is 9.37. The van der Waals surface area contributed by atoms with Crippen LogP contribution < -0.4 is 0 Å². The number of hydrogen-bond acceptors (Lipinski definition) is 2. The molecule has 0 spiro atoms. The third-order valence-electron chi connectivity index (χ3n) is 4.48. The number of rotatable bonds is 2. The van der Waals surface area contributed by atoms with E-state index in [9.17, 15) is 10.2 Å². The molecule has 2 N–H and O–H groups in total. The summed E-state index contributed by atoms with van der Waals surface area (Å²) >= 11 is 0. The first-order valence-electron chi connectivity index (χ1n) is 6.01. The average molecular weight is 198 g/mol. The average Bonchev–Trinajstić information content (AvgIpc) is 2.28. The fraction of sp³-hybridized carbons (Fsp3) is 1.00. The van der Waals surface area contributed by atoms with Crippen molar-refractivity contribution in [2.45, 2.75) is 44.9 Å². The zero-order chi connectivity index (χ0) is 10.0. The second kappa shape index (κ2) is 4.19. The molecule has 2 nitrogen and oxygen atoms in total. The molecule has 82 valence electrons. The summed E-state index contributed by atoms with van der Waals surface area (Å²) in [6.45, 7) is 0.347. The first-order chi connectivity index (χ1) is 6.79. The van der Waals surface area contributed by atoms with Crippen molar-refractivity contribution in [3.63, 3.8) is 0 Å². The van der Waals surface area contributed by atoms with E-state index in [0.29, 0.717) is 0 Å². The Morgan fingerprint density at radius 1 is 0.929 bits per heavy atom. The van der Waals surface area contributed by atoms with Crippen LogP contribution in [0.25, 0.3) is 0 Å². The Morgan fingerprint density at radius 3 is 2.21 bits per heavy atom. The standard InChI is InChI=1S/C12H22O2/c13-8-12(9-14)6-5-10-3-1-2-4-11(10)7-12/h10-11,13-14H,1-9H2. The van der Waals surface area contributed by atoms with Crippen LogP contribution in [0.5, 0.6) is 0 Å². The summed E-state index contributed by atoms with van der Waals surface area (Å²) in [6.07, 6.45) is 8.78. The first-order valence-corrected chi connectivity index (χ1v) is 6.01. The summed E-state index contributed by atoms with van der Waals surface area (Å²) in [6, 6.07) is 0. The zero-order valence-electron chi connectivity index (χ0n) is 8.91. The quantitative estimate of drug-likeness (QED) is 0.712. The van der Waals surface area contributed by atoms with Gasteiger partial charge >= 0.3 is 0 Å². The second-order valence-electron chi connectivity index (χ2n) is 5.36.